The van der Waals surface area contributed by atoms with Gasteiger partial charge in [0.05, 0.1) is 19.6 Å². The molecule has 0 saturated carbocycles. The van der Waals surface area contributed by atoms with Crippen molar-refractivity contribution in [2.24, 2.45) is 5.84 Å². The fourth-order valence-electron chi connectivity index (χ4n) is 2.62. The SMILES string of the molecule is NNOC(=O)CCN1CCC(N2CCOCC2)C1. The molecule has 2 fully saturated rings. The number of hydrogen-bond donors (Lipinski definition) is 2. The van der Waals surface area contributed by atoms with Crippen molar-refractivity contribution in [1.29, 1.82) is 0 Å². The number of hydrogen-bond acceptors (Lipinski definition) is 7. The lowest BCUT2D eigenvalue weighted by atomic mass is 10.2. The fraction of sp³-hybridized carbons (Fsp3) is 0.909. The number of ether oxygens (including phenoxy) is 1. The van der Waals surface area contributed by atoms with E-state index in [2.05, 4.69) is 14.6 Å². The fourth-order valence-corrected chi connectivity index (χ4v) is 2.62. The van der Waals surface area contributed by atoms with Gasteiger partial charge >= 0.3 is 5.97 Å². The normalized spacial score (nSPS) is 26.4. The Morgan fingerprint density at radius 3 is 2.89 bits per heavy atom. The minimum Gasteiger partial charge on any atom is -0.379 e. The van der Waals surface area contributed by atoms with Crippen LogP contribution >= 0.6 is 0 Å². The Labute approximate surface area is 107 Å². The number of morpholine rings is 1. The van der Waals surface area contributed by atoms with E-state index in [1.165, 1.54) is 6.42 Å². The van der Waals surface area contributed by atoms with Crippen LogP contribution in [-0.4, -0.2) is 67.7 Å². The summed E-state index contributed by atoms with van der Waals surface area (Å²) < 4.78 is 5.36. The van der Waals surface area contributed by atoms with Gasteiger partial charge in [-0.15, -0.1) is 0 Å². The molecule has 0 amide bonds. The van der Waals surface area contributed by atoms with E-state index >= 15 is 0 Å². The molecule has 7 nitrogen and oxygen atoms in total. The molecule has 7 heteroatoms. The van der Waals surface area contributed by atoms with E-state index in [1.54, 1.807) is 0 Å². The Balaban J connectivity index is 1.66. The van der Waals surface area contributed by atoms with Crippen LogP contribution in [0.1, 0.15) is 12.8 Å². The summed E-state index contributed by atoms with van der Waals surface area (Å²) in [6.07, 6.45) is 1.55. The molecule has 2 saturated heterocycles. The number of hydrazine groups is 1. The first-order chi connectivity index (χ1) is 8.79. The molecule has 0 spiro atoms. The number of rotatable bonds is 5. The van der Waals surface area contributed by atoms with E-state index in [0.29, 0.717) is 12.5 Å². The summed E-state index contributed by atoms with van der Waals surface area (Å²) in [5, 5.41) is 0. The number of likely N-dealkylation sites (tertiary alicyclic amines) is 1. The van der Waals surface area contributed by atoms with Crippen molar-refractivity contribution < 1.29 is 14.4 Å². The highest BCUT2D eigenvalue weighted by molar-refractivity contribution is 5.69. The average molecular weight is 258 g/mol. The molecule has 0 aromatic carbocycles. The zero-order valence-electron chi connectivity index (χ0n) is 10.6. The summed E-state index contributed by atoms with van der Waals surface area (Å²) in [4.78, 5) is 20.4. The monoisotopic (exact) mass is 258 g/mol. The van der Waals surface area contributed by atoms with E-state index in [9.17, 15) is 4.79 Å². The van der Waals surface area contributed by atoms with E-state index in [4.69, 9.17) is 10.6 Å². The Morgan fingerprint density at radius 2 is 2.17 bits per heavy atom. The maximum Gasteiger partial charge on any atom is 0.327 e. The molecule has 104 valence electrons. The molecular weight excluding hydrogens is 236 g/mol. The van der Waals surface area contributed by atoms with Gasteiger partial charge in [-0.05, 0) is 13.0 Å². The van der Waals surface area contributed by atoms with Crippen molar-refractivity contribution >= 4 is 5.97 Å². The molecule has 2 rings (SSSR count). The largest absolute Gasteiger partial charge is 0.379 e. The summed E-state index contributed by atoms with van der Waals surface area (Å²) in [5.74, 6) is 4.59. The van der Waals surface area contributed by atoms with Crippen LogP contribution in [0.4, 0.5) is 0 Å². The first kappa shape index (κ1) is 13.7. The molecule has 18 heavy (non-hydrogen) atoms. The predicted molar refractivity (Wildman–Crippen MR) is 65.3 cm³/mol. The molecule has 1 unspecified atom stereocenters. The summed E-state index contributed by atoms with van der Waals surface area (Å²) in [5.41, 5.74) is 1.91. The van der Waals surface area contributed by atoms with Gasteiger partial charge in [0.15, 0.2) is 0 Å². The molecule has 0 radical (unpaired) electrons. The molecule has 0 aromatic heterocycles. The standard InChI is InChI=1S/C11H22N4O3/c12-13-18-11(16)2-4-14-3-1-10(9-14)15-5-7-17-8-6-15/h10,13H,1-9,12H2. The lowest BCUT2D eigenvalue weighted by molar-refractivity contribution is -0.151. The van der Waals surface area contributed by atoms with Gasteiger partial charge in [-0.2, -0.15) is 0 Å². The van der Waals surface area contributed by atoms with Crippen molar-refractivity contribution in [3.8, 4) is 0 Å². The van der Waals surface area contributed by atoms with Gasteiger partial charge in [-0.25, -0.2) is 5.84 Å². The maximum atomic E-state index is 11.2. The second-order valence-corrected chi connectivity index (χ2v) is 4.73. The third kappa shape index (κ3) is 3.89. The summed E-state index contributed by atoms with van der Waals surface area (Å²) in [6, 6.07) is 0.609. The van der Waals surface area contributed by atoms with Crippen LogP contribution in [0.25, 0.3) is 0 Å². The highest BCUT2D eigenvalue weighted by Gasteiger charge is 2.28. The molecule has 2 aliphatic heterocycles. The van der Waals surface area contributed by atoms with E-state index < -0.39 is 0 Å². The van der Waals surface area contributed by atoms with Crippen LogP contribution in [0.3, 0.4) is 0 Å². The minimum absolute atomic E-state index is 0.313. The van der Waals surface area contributed by atoms with Crippen molar-refractivity contribution in [3.05, 3.63) is 0 Å². The predicted octanol–water partition coefficient (Wildman–Crippen LogP) is -1.30. The van der Waals surface area contributed by atoms with Crippen LogP contribution in [-0.2, 0) is 14.4 Å². The first-order valence-corrected chi connectivity index (χ1v) is 6.49. The Bertz CT molecular complexity index is 271. The second-order valence-electron chi connectivity index (χ2n) is 4.73. The molecule has 0 bridgehead atoms. The van der Waals surface area contributed by atoms with E-state index in [0.717, 1.165) is 45.9 Å². The van der Waals surface area contributed by atoms with Crippen molar-refractivity contribution in [1.82, 2.24) is 15.4 Å². The third-order valence-electron chi connectivity index (χ3n) is 3.61. The topological polar surface area (TPSA) is 80.1 Å². The van der Waals surface area contributed by atoms with Gasteiger partial charge in [0.1, 0.15) is 0 Å². The average Bonchev–Trinajstić information content (AvgIpc) is 2.87. The highest BCUT2D eigenvalue weighted by Crippen LogP contribution is 2.16. The lowest BCUT2D eigenvalue weighted by Gasteiger charge is -2.32. The number of nitrogens with one attached hydrogen (secondary N) is 1. The second kappa shape index (κ2) is 7.01. The quantitative estimate of drug-likeness (QED) is 0.469. The first-order valence-electron chi connectivity index (χ1n) is 6.49. The molecule has 0 aromatic rings. The summed E-state index contributed by atoms with van der Waals surface area (Å²) >= 11 is 0. The zero-order valence-corrected chi connectivity index (χ0v) is 10.6. The molecule has 2 aliphatic rings. The summed E-state index contributed by atoms with van der Waals surface area (Å²) in [7, 11) is 0. The third-order valence-corrected chi connectivity index (χ3v) is 3.61. The number of carbonyl (C=O) groups is 1. The van der Waals surface area contributed by atoms with Gasteiger partial charge in [0, 0.05) is 32.2 Å². The Morgan fingerprint density at radius 1 is 1.39 bits per heavy atom. The van der Waals surface area contributed by atoms with Crippen LogP contribution in [0.5, 0.6) is 0 Å². The smallest absolute Gasteiger partial charge is 0.327 e. The van der Waals surface area contributed by atoms with Crippen LogP contribution in [0.15, 0.2) is 0 Å². The molecule has 1 atom stereocenters. The van der Waals surface area contributed by atoms with Crippen LogP contribution in [0, 0.1) is 0 Å². The van der Waals surface area contributed by atoms with E-state index in [1.807, 2.05) is 5.59 Å². The molecular formula is C11H22N4O3. The maximum absolute atomic E-state index is 11.2. The van der Waals surface area contributed by atoms with Gasteiger partial charge in [-0.3, -0.25) is 9.69 Å². The van der Waals surface area contributed by atoms with E-state index in [-0.39, 0.29) is 5.97 Å². The minimum atomic E-state index is -0.313. The number of nitrogens with zero attached hydrogens (tertiary/aromatic N) is 2. The molecule has 3 N–H and O–H groups in total. The Hall–Kier alpha value is -0.730. The summed E-state index contributed by atoms with van der Waals surface area (Å²) in [6.45, 7) is 6.54. The Kier molecular flexibility index (Phi) is 5.33. The molecule has 0 aliphatic carbocycles. The van der Waals surface area contributed by atoms with Crippen LogP contribution < -0.4 is 11.4 Å². The lowest BCUT2D eigenvalue weighted by Crippen LogP contribution is -2.44. The van der Waals surface area contributed by atoms with Gasteiger partial charge < -0.3 is 14.5 Å². The number of nitrogens with two attached hydrogens (primary N) is 1. The van der Waals surface area contributed by atoms with Crippen LogP contribution in [0.2, 0.25) is 0 Å². The van der Waals surface area contributed by atoms with Gasteiger partial charge in [0.25, 0.3) is 0 Å². The van der Waals surface area contributed by atoms with Crippen molar-refractivity contribution in [2.75, 3.05) is 45.9 Å². The van der Waals surface area contributed by atoms with Crippen molar-refractivity contribution in [3.63, 3.8) is 0 Å². The van der Waals surface area contributed by atoms with Crippen molar-refractivity contribution in [2.45, 2.75) is 18.9 Å². The number of carbonyl (C=O) groups excluding carboxylic acids is 1. The highest BCUT2D eigenvalue weighted by atomic mass is 16.7. The van der Waals surface area contributed by atoms with Gasteiger partial charge in [0.2, 0.25) is 0 Å². The zero-order chi connectivity index (χ0) is 12.8. The van der Waals surface area contributed by atoms with Gasteiger partial charge in [-0.1, -0.05) is 5.59 Å². The molecule has 2 heterocycles.